The summed E-state index contributed by atoms with van der Waals surface area (Å²) in [4.78, 5) is 26.3. The SMILES string of the molecule is O=C(NCc1ccc(-n2cccc2)cc1)c1nc(Cn2cc([N+](=O)[O-])cn2)no1. The second-order valence-corrected chi connectivity index (χ2v) is 6.11. The van der Waals surface area contributed by atoms with Crippen LogP contribution in [0.15, 0.2) is 65.7 Å². The van der Waals surface area contributed by atoms with E-state index >= 15 is 0 Å². The van der Waals surface area contributed by atoms with Crippen LogP contribution in [0, 0.1) is 10.1 Å². The molecular formula is C18H15N7O4. The Balaban J connectivity index is 1.33. The van der Waals surface area contributed by atoms with Gasteiger partial charge in [0.1, 0.15) is 18.9 Å². The lowest BCUT2D eigenvalue weighted by Gasteiger charge is -2.06. The molecule has 1 amide bonds. The van der Waals surface area contributed by atoms with E-state index in [2.05, 4.69) is 20.6 Å². The van der Waals surface area contributed by atoms with Crippen molar-refractivity contribution in [2.24, 2.45) is 0 Å². The van der Waals surface area contributed by atoms with Gasteiger partial charge < -0.3 is 14.4 Å². The third kappa shape index (κ3) is 4.18. The van der Waals surface area contributed by atoms with Crippen LogP contribution in [-0.4, -0.2) is 35.3 Å². The lowest BCUT2D eigenvalue weighted by molar-refractivity contribution is -0.385. The summed E-state index contributed by atoms with van der Waals surface area (Å²) in [6.45, 7) is 0.347. The summed E-state index contributed by atoms with van der Waals surface area (Å²) < 4.78 is 8.23. The summed E-state index contributed by atoms with van der Waals surface area (Å²) >= 11 is 0. The minimum Gasteiger partial charge on any atom is -0.344 e. The highest BCUT2D eigenvalue weighted by Gasteiger charge is 2.16. The van der Waals surface area contributed by atoms with Gasteiger partial charge in [-0.1, -0.05) is 17.3 Å². The molecule has 3 aromatic heterocycles. The Labute approximate surface area is 163 Å². The van der Waals surface area contributed by atoms with E-state index < -0.39 is 10.8 Å². The van der Waals surface area contributed by atoms with E-state index in [1.807, 2.05) is 53.4 Å². The molecule has 0 radical (unpaired) electrons. The van der Waals surface area contributed by atoms with Gasteiger partial charge in [0.25, 0.3) is 0 Å². The average molecular weight is 393 g/mol. The van der Waals surface area contributed by atoms with E-state index in [0.29, 0.717) is 6.54 Å². The fourth-order valence-electron chi connectivity index (χ4n) is 2.64. The summed E-state index contributed by atoms with van der Waals surface area (Å²) in [6.07, 6.45) is 6.26. The zero-order valence-electron chi connectivity index (χ0n) is 15.0. The highest BCUT2D eigenvalue weighted by molar-refractivity contribution is 5.89. The zero-order chi connectivity index (χ0) is 20.2. The van der Waals surface area contributed by atoms with Crippen LogP contribution in [0.5, 0.6) is 0 Å². The molecule has 0 spiro atoms. The number of hydrogen-bond donors (Lipinski definition) is 1. The Morgan fingerprint density at radius 2 is 1.97 bits per heavy atom. The molecule has 1 N–H and O–H groups in total. The van der Waals surface area contributed by atoms with Crippen LogP contribution >= 0.6 is 0 Å². The maximum atomic E-state index is 12.2. The monoisotopic (exact) mass is 393 g/mol. The second kappa shape index (κ2) is 7.76. The third-order valence-electron chi connectivity index (χ3n) is 4.09. The fourth-order valence-corrected chi connectivity index (χ4v) is 2.64. The Kier molecular flexibility index (Phi) is 4.84. The van der Waals surface area contributed by atoms with Gasteiger partial charge in [-0.3, -0.25) is 19.6 Å². The fraction of sp³-hybridized carbons (Fsp3) is 0.111. The Hall–Kier alpha value is -4.28. The van der Waals surface area contributed by atoms with E-state index in [0.717, 1.165) is 17.4 Å². The number of carbonyl (C=O) groups is 1. The maximum absolute atomic E-state index is 12.2. The molecule has 0 bridgehead atoms. The summed E-state index contributed by atoms with van der Waals surface area (Å²) in [6, 6.07) is 11.6. The average Bonchev–Trinajstić information content (AvgIpc) is 3.48. The molecule has 1 aromatic carbocycles. The molecular weight excluding hydrogens is 378 g/mol. The van der Waals surface area contributed by atoms with Gasteiger partial charge >= 0.3 is 17.5 Å². The van der Waals surface area contributed by atoms with Crippen molar-refractivity contribution in [3.63, 3.8) is 0 Å². The van der Waals surface area contributed by atoms with Crippen molar-refractivity contribution in [3.8, 4) is 5.69 Å². The van der Waals surface area contributed by atoms with Gasteiger partial charge in [0.05, 0.1) is 4.92 Å². The topological polar surface area (TPSA) is 134 Å². The summed E-state index contributed by atoms with van der Waals surface area (Å²) in [5.41, 5.74) is 1.79. The van der Waals surface area contributed by atoms with Gasteiger partial charge in [-0.25, -0.2) is 0 Å². The lowest BCUT2D eigenvalue weighted by Crippen LogP contribution is -2.23. The van der Waals surface area contributed by atoms with Gasteiger partial charge in [0.15, 0.2) is 5.82 Å². The second-order valence-electron chi connectivity index (χ2n) is 6.11. The molecule has 3 heterocycles. The number of carbonyl (C=O) groups excluding carboxylic acids is 1. The molecule has 0 atom stereocenters. The van der Waals surface area contributed by atoms with E-state index in [1.165, 1.54) is 10.9 Å². The van der Waals surface area contributed by atoms with E-state index in [4.69, 9.17) is 4.52 Å². The molecule has 4 rings (SSSR count). The van der Waals surface area contributed by atoms with E-state index in [9.17, 15) is 14.9 Å². The van der Waals surface area contributed by atoms with Crippen molar-refractivity contribution in [1.82, 2.24) is 29.8 Å². The number of nitrogens with one attached hydrogen (secondary N) is 1. The summed E-state index contributed by atoms with van der Waals surface area (Å²) in [5, 5.41) is 20.9. The van der Waals surface area contributed by atoms with Crippen LogP contribution in [0.3, 0.4) is 0 Å². The molecule has 4 aromatic rings. The number of nitro groups is 1. The maximum Gasteiger partial charge on any atom is 0.316 e. The van der Waals surface area contributed by atoms with Gasteiger partial charge in [0.2, 0.25) is 0 Å². The van der Waals surface area contributed by atoms with Crippen molar-refractivity contribution in [2.45, 2.75) is 13.1 Å². The molecule has 0 saturated heterocycles. The molecule has 146 valence electrons. The number of aromatic nitrogens is 5. The van der Waals surface area contributed by atoms with Crippen molar-refractivity contribution in [3.05, 3.63) is 88.6 Å². The highest BCUT2D eigenvalue weighted by Crippen LogP contribution is 2.11. The van der Waals surface area contributed by atoms with E-state index in [1.54, 1.807) is 0 Å². The highest BCUT2D eigenvalue weighted by atomic mass is 16.6. The molecule has 29 heavy (non-hydrogen) atoms. The molecule has 0 aliphatic heterocycles. The first-order valence-electron chi connectivity index (χ1n) is 8.58. The van der Waals surface area contributed by atoms with Crippen LogP contribution in [0.4, 0.5) is 5.69 Å². The van der Waals surface area contributed by atoms with Crippen molar-refractivity contribution in [1.29, 1.82) is 0 Å². The predicted molar refractivity (Wildman–Crippen MR) is 99.2 cm³/mol. The molecule has 11 heteroatoms. The smallest absolute Gasteiger partial charge is 0.316 e. The third-order valence-corrected chi connectivity index (χ3v) is 4.09. The zero-order valence-corrected chi connectivity index (χ0v) is 15.0. The summed E-state index contributed by atoms with van der Waals surface area (Å²) in [7, 11) is 0. The Bertz CT molecular complexity index is 1130. The van der Waals surface area contributed by atoms with Gasteiger partial charge in [-0.05, 0) is 29.8 Å². The Morgan fingerprint density at radius 1 is 1.21 bits per heavy atom. The molecule has 0 aliphatic carbocycles. The van der Waals surface area contributed by atoms with Crippen LogP contribution in [0.1, 0.15) is 22.1 Å². The standard InChI is InChI=1S/C18H15N7O4/c26-17(19-9-13-3-5-14(6-4-13)23-7-1-2-8-23)18-21-16(22-29-18)12-24-11-15(10-20-24)25(27)28/h1-8,10-11H,9,12H2,(H,19,26). The first kappa shape index (κ1) is 18.1. The number of benzene rings is 1. The van der Waals surface area contributed by atoms with Gasteiger partial charge in [-0.2, -0.15) is 10.1 Å². The number of nitrogens with zero attached hydrogens (tertiary/aromatic N) is 6. The largest absolute Gasteiger partial charge is 0.344 e. The molecule has 11 nitrogen and oxygen atoms in total. The normalized spacial score (nSPS) is 10.8. The van der Waals surface area contributed by atoms with Crippen LogP contribution in [0.2, 0.25) is 0 Å². The van der Waals surface area contributed by atoms with Crippen LogP contribution in [-0.2, 0) is 13.1 Å². The van der Waals surface area contributed by atoms with Crippen molar-refractivity contribution < 1.29 is 14.2 Å². The van der Waals surface area contributed by atoms with Gasteiger partial charge in [0, 0.05) is 24.6 Å². The van der Waals surface area contributed by atoms with Crippen LogP contribution < -0.4 is 5.32 Å². The molecule has 0 fully saturated rings. The lowest BCUT2D eigenvalue weighted by atomic mass is 10.2. The van der Waals surface area contributed by atoms with Crippen molar-refractivity contribution >= 4 is 11.6 Å². The number of hydrogen-bond acceptors (Lipinski definition) is 7. The number of rotatable bonds is 7. The molecule has 0 aliphatic rings. The Morgan fingerprint density at radius 3 is 2.66 bits per heavy atom. The molecule has 0 unspecified atom stereocenters. The molecule has 0 saturated carbocycles. The van der Waals surface area contributed by atoms with Crippen LogP contribution in [0.25, 0.3) is 5.69 Å². The predicted octanol–water partition coefficient (Wildman–Crippen LogP) is 1.94. The van der Waals surface area contributed by atoms with E-state index in [-0.39, 0.29) is 23.9 Å². The summed E-state index contributed by atoms with van der Waals surface area (Å²) in [5.74, 6) is -0.514. The van der Waals surface area contributed by atoms with Crippen molar-refractivity contribution in [2.75, 3.05) is 0 Å². The minimum atomic E-state index is -0.552. The van der Waals surface area contributed by atoms with Gasteiger partial charge in [-0.15, -0.1) is 0 Å². The quantitative estimate of drug-likeness (QED) is 0.374. The number of amides is 1. The first-order valence-corrected chi connectivity index (χ1v) is 8.58. The first-order chi connectivity index (χ1) is 14.1. The minimum absolute atomic E-state index is 0.0471.